The number of carboxylic acids is 1. The molecule has 7 aromatic rings. The third-order valence-electron chi connectivity index (χ3n) is 10.2. The highest BCUT2D eigenvalue weighted by Gasteiger charge is 2.42. The first-order valence-electron chi connectivity index (χ1n) is 19.5. The molecular formula is C53H39BrN2O7. The number of nitrogens with zero attached hydrogens (tertiary/aromatic N) is 2. The lowest BCUT2D eigenvalue weighted by Crippen LogP contribution is -2.31. The quantitative estimate of drug-likeness (QED) is 0.136. The number of carboxylic acid groups (broad SMARTS) is 1. The van der Waals surface area contributed by atoms with Gasteiger partial charge in [0, 0.05) is 10.0 Å². The van der Waals surface area contributed by atoms with Gasteiger partial charge in [-0.05, 0) is 74.1 Å². The fraction of sp³-hybridized carbons (Fsp3) is 0.0377. The number of aliphatic carboxylic acids is 1. The van der Waals surface area contributed by atoms with E-state index in [0.29, 0.717) is 66.1 Å². The molecule has 1 N–H and O–H groups in total. The molecule has 2 aliphatic heterocycles. The highest BCUT2D eigenvalue weighted by Crippen LogP contribution is 2.43. The molecule has 0 saturated carbocycles. The van der Waals surface area contributed by atoms with Crippen LogP contribution in [0.25, 0.3) is 33.4 Å². The molecule has 4 amide bonds. The molecule has 10 heteroatoms. The van der Waals surface area contributed by atoms with Crippen LogP contribution in [-0.2, 0) is 24.0 Å². The fourth-order valence-electron chi connectivity index (χ4n) is 7.43. The topological polar surface area (TPSA) is 121 Å². The summed E-state index contributed by atoms with van der Waals surface area (Å²) in [4.78, 5) is 67.7. The van der Waals surface area contributed by atoms with Crippen LogP contribution in [0.1, 0.15) is 29.7 Å². The first-order chi connectivity index (χ1) is 30.2. The number of imide groups is 2. The van der Waals surface area contributed by atoms with Gasteiger partial charge in [-0.2, -0.15) is 0 Å². The Kier molecular flexibility index (Phi) is 13.1. The normalized spacial score (nSPS) is 13.5. The third kappa shape index (κ3) is 8.79. The van der Waals surface area contributed by atoms with Gasteiger partial charge in [-0.15, -0.1) is 0 Å². The largest absolute Gasteiger partial charge is 0.482 e. The summed E-state index contributed by atoms with van der Waals surface area (Å²) in [5.74, 6) is -2.15. The molecule has 2 heterocycles. The number of carbonyl (C=O) groups excluding carboxylic acids is 4. The molecule has 0 unspecified atom stereocenters. The summed E-state index contributed by atoms with van der Waals surface area (Å²) in [5, 5.41) is 8.93. The minimum absolute atomic E-state index is 0. The number of benzene rings is 7. The van der Waals surface area contributed by atoms with Crippen LogP contribution in [-0.4, -0.2) is 41.3 Å². The molecule has 0 aliphatic carbocycles. The molecule has 0 saturated heterocycles. The van der Waals surface area contributed by atoms with Gasteiger partial charge in [0.05, 0.1) is 33.7 Å². The van der Waals surface area contributed by atoms with Crippen LogP contribution < -0.4 is 14.5 Å². The zero-order valence-corrected chi connectivity index (χ0v) is 34.4. The van der Waals surface area contributed by atoms with Crippen molar-refractivity contribution >= 4 is 79.2 Å². The Balaban J connectivity index is 0.000000195. The molecule has 7 aromatic carbocycles. The van der Waals surface area contributed by atoms with Crippen molar-refractivity contribution in [2.24, 2.45) is 0 Å². The Labute approximate surface area is 373 Å². The van der Waals surface area contributed by atoms with E-state index in [1.54, 1.807) is 36.4 Å². The number of anilines is 2. The Bertz CT molecular complexity index is 2790. The van der Waals surface area contributed by atoms with Crippen molar-refractivity contribution in [3.63, 3.8) is 0 Å². The minimum atomic E-state index is -1.08. The van der Waals surface area contributed by atoms with E-state index in [1.165, 1.54) is 9.80 Å². The molecule has 0 bridgehead atoms. The van der Waals surface area contributed by atoms with E-state index >= 15 is 0 Å². The molecule has 0 fully saturated rings. The number of amides is 4. The van der Waals surface area contributed by atoms with Crippen LogP contribution in [0, 0.1) is 0 Å². The second-order valence-corrected chi connectivity index (χ2v) is 14.9. The summed E-state index contributed by atoms with van der Waals surface area (Å²) < 4.78 is 6.03. The zero-order chi connectivity index (χ0) is 43.2. The van der Waals surface area contributed by atoms with Crippen molar-refractivity contribution in [3.05, 3.63) is 221 Å². The molecule has 0 atom stereocenters. The summed E-state index contributed by atoms with van der Waals surface area (Å²) in [6.45, 7) is -0.473. The van der Waals surface area contributed by atoms with Crippen molar-refractivity contribution in [2.75, 3.05) is 16.4 Å². The Morgan fingerprint density at radius 3 is 1.21 bits per heavy atom. The van der Waals surface area contributed by atoms with Crippen molar-refractivity contribution in [2.45, 2.75) is 7.43 Å². The van der Waals surface area contributed by atoms with Crippen molar-refractivity contribution in [1.29, 1.82) is 0 Å². The average Bonchev–Trinajstić information content (AvgIpc) is 3.73. The van der Waals surface area contributed by atoms with E-state index in [0.717, 1.165) is 11.1 Å². The maximum atomic E-state index is 13.9. The van der Waals surface area contributed by atoms with E-state index < -0.39 is 24.4 Å². The monoisotopic (exact) mass is 894 g/mol. The van der Waals surface area contributed by atoms with E-state index in [2.05, 4.69) is 15.9 Å². The molecule has 0 spiro atoms. The lowest BCUT2D eigenvalue weighted by molar-refractivity contribution is -0.139. The molecule has 0 aromatic heterocycles. The number of ether oxygens (including phenoxy) is 1. The van der Waals surface area contributed by atoms with Gasteiger partial charge in [0.25, 0.3) is 23.6 Å². The maximum Gasteiger partial charge on any atom is 0.341 e. The molecular weight excluding hydrogens is 856 g/mol. The second kappa shape index (κ2) is 19.2. The summed E-state index contributed by atoms with van der Waals surface area (Å²) in [7, 11) is 0. The van der Waals surface area contributed by atoms with E-state index in [-0.39, 0.29) is 19.2 Å². The number of rotatable bonds is 10. The van der Waals surface area contributed by atoms with Gasteiger partial charge in [-0.1, -0.05) is 171 Å². The molecule has 2 aliphatic rings. The first kappa shape index (κ1) is 43.1. The lowest BCUT2D eigenvalue weighted by atomic mass is 9.96. The molecule has 0 radical (unpaired) electrons. The van der Waals surface area contributed by atoms with Gasteiger partial charge >= 0.3 is 5.97 Å². The first-order valence-corrected chi connectivity index (χ1v) is 20.3. The number of halogens is 1. The Morgan fingerprint density at radius 1 is 0.444 bits per heavy atom. The van der Waals surface area contributed by atoms with Crippen LogP contribution in [0.15, 0.2) is 199 Å². The van der Waals surface area contributed by atoms with E-state index in [4.69, 9.17) is 9.84 Å². The van der Waals surface area contributed by atoms with Gasteiger partial charge in [-0.25, -0.2) is 14.6 Å². The van der Waals surface area contributed by atoms with Crippen molar-refractivity contribution in [1.82, 2.24) is 0 Å². The molecule has 9 nitrogen and oxygen atoms in total. The second-order valence-electron chi connectivity index (χ2n) is 14.0. The van der Waals surface area contributed by atoms with Crippen LogP contribution >= 0.6 is 15.9 Å². The van der Waals surface area contributed by atoms with Gasteiger partial charge in [-0.3, -0.25) is 19.2 Å². The number of hydrogen-bond donors (Lipinski definition) is 1. The Morgan fingerprint density at radius 2 is 0.794 bits per heavy atom. The van der Waals surface area contributed by atoms with Crippen molar-refractivity contribution < 1.29 is 33.8 Å². The van der Waals surface area contributed by atoms with E-state index in [1.807, 2.05) is 158 Å². The fourth-order valence-corrected chi connectivity index (χ4v) is 7.89. The standard InChI is InChI=1S/C30H21NO5.C22H14BrNO2.CH4/c32-26(33)19-36-23-15-9-14-22(18-23)24-16-7-8-17-25(24)31-29(34)27(20-10-3-1-4-11-20)28(30(31)35)21-12-5-2-6-13-21;23-17-13-7-8-14-18(17)24-21(25)19(15-9-3-1-4-10-15)20(22(24)26)16-11-5-2-6-12-16;/h1-18H,19H2,(H,32,33);1-14H;1H4. The van der Waals surface area contributed by atoms with Crippen LogP contribution in [0.2, 0.25) is 0 Å². The highest BCUT2D eigenvalue weighted by molar-refractivity contribution is 9.10. The van der Waals surface area contributed by atoms with Crippen LogP contribution in [0.4, 0.5) is 11.4 Å². The summed E-state index contributed by atoms with van der Waals surface area (Å²) >= 11 is 3.45. The summed E-state index contributed by atoms with van der Waals surface area (Å²) in [6.07, 6.45) is 0. The van der Waals surface area contributed by atoms with Gasteiger partial charge in [0.15, 0.2) is 6.61 Å². The number of para-hydroxylation sites is 2. The zero-order valence-electron chi connectivity index (χ0n) is 32.9. The average molecular weight is 896 g/mol. The molecule has 9 rings (SSSR count). The smallest absolute Gasteiger partial charge is 0.341 e. The third-order valence-corrected chi connectivity index (χ3v) is 10.8. The predicted molar refractivity (Wildman–Crippen MR) is 250 cm³/mol. The summed E-state index contributed by atoms with van der Waals surface area (Å²) in [6, 6.07) is 58.3. The van der Waals surface area contributed by atoms with Gasteiger partial charge in [0.1, 0.15) is 5.75 Å². The van der Waals surface area contributed by atoms with Gasteiger partial charge in [0.2, 0.25) is 0 Å². The van der Waals surface area contributed by atoms with Crippen LogP contribution in [0.3, 0.4) is 0 Å². The van der Waals surface area contributed by atoms with E-state index in [9.17, 15) is 24.0 Å². The van der Waals surface area contributed by atoms with Crippen molar-refractivity contribution in [3.8, 4) is 16.9 Å². The number of hydrogen-bond acceptors (Lipinski definition) is 6. The highest BCUT2D eigenvalue weighted by atomic mass is 79.9. The lowest BCUT2D eigenvalue weighted by Gasteiger charge is -2.20. The SMILES string of the molecule is C.O=C(O)COc1cccc(-c2ccccc2N2C(=O)C(c3ccccc3)=C(c3ccccc3)C2=O)c1.O=C1C(c2ccccc2)=C(c2ccccc2)C(=O)N1c1ccccc1Br. The predicted octanol–water partition coefficient (Wildman–Crippen LogP) is 10.9. The molecule has 310 valence electrons. The maximum absolute atomic E-state index is 13.9. The summed E-state index contributed by atoms with van der Waals surface area (Å²) in [5.41, 5.74) is 6.65. The Hall–Kier alpha value is -7.95. The van der Waals surface area contributed by atoms with Crippen LogP contribution in [0.5, 0.6) is 5.75 Å². The van der Waals surface area contributed by atoms with Gasteiger partial charge < -0.3 is 9.84 Å². The number of carbonyl (C=O) groups is 5. The molecule has 63 heavy (non-hydrogen) atoms. The minimum Gasteiger partial charge on any atom is -0.482 e.